The van der Waals surface area contributed by atoms with Gasteiger partial charge in [-0.05, 0) is 24.3 Å². The predicted octanol–water partition coefficient (Wildman–Crippen LogP) is 2.33. The van der Waals surface area contributed by atoms with Gasteiger partial charge >= 0.3 is 0 Å². The third kappa shape index (κ3) is 4.34. The maximum Gasteiger partial charge on any atom is 0.193 e. The number of rotatable bonds is 5. The minimum Gasteiger partial charge on any atom is -0.497 e. The van der Waals surface area contributed by atoms with Crippen LogP contribution in [0.3, 0.4) is 0 Å². The lowest BCUT2D eigenvalue weighted by Crippen LogP contribution is -2.23. The van der Waals surface area contributed by atoms with Crippen LogP contribution in [0.5, 0.6) is 5.75 Å². The van der Waals surface area contributed by atoms with Crippen molar-refractivity contribution >= 4 is 41.3 Å². The van der Waals surface area contributed by atoms with E-state index in [1.54, 1.807) is 7.11 Å². The van der Waals surface area contributed by atoms with E-state index in [1.807, 2.05) is 53.1 Å². The summed E-state index contributed by atoms with van der Waals surface area (Å²) in [5.41, 5.74) is 7.56. The second-order valence-electron chi connectivity index (χ2n) is 4.92. The number of pyridine rings is 1. The molecule has 3 N–H and O–H groups in total. The van der Waals surface area contributed by atoms with Gasteiger partial charge in [0, 0.05) is 30.9 Å². The van der Waals surface area contributed by atoms with Gasteiger partial charge in [0.1, 0.15) is 11.6 Å². The van der Waals surface area contributed by atoms with E-state index in [1.165, 1.54) is 0 Å². The highest BCUT2D eigenvalue weighted by Crippen LogP contribution is 2.16. The fourth-order valence-electron chi connectivity index (χ4n) is 2.23. The first-order chi connectivity index (χ1) is 11.3. The molecule has 0 aliphatic carbocycles. The van der Waals surface area contributed by atoms with Crippen LogP contribution in [0.15, 0.2) is 53.7 Å². The lowest BCUT2D eigenvalue weighted by Gasteiger charge is -2.07. The Morgan fingerprint density at radius 1 is 1.25 bits per heavy atom. The van der Waals surface area contributed by atoms with Gasteiger partial charge in [-0.15, -0.1) is 34.2 Å². The summed E-state index contributed by atoms with van der Waals surface area (Å²) in [6.07, 6.45) is 2.60. The van der Waals surface area contributed by atoms with E-state index in [4.69, 9.17) is 10.5 Å². The molecule has 0 aliphatic rings. The van der Waals surface area contributed by atoms with Gasteiger partial charge in [-0.2, -0.15) is 0 Å². The number of anilines is 1. The molecular weight excluding hydrogens is 419 g/mol. The van der Waals surface area contributed by atoms with Crippen LogP contribution in [0.1, 0.15) is 5.82 Å². The number of nitrogens with one attached hydrogen (secondary N) is 1. The van der Waals surface area contributed by atoms with E-state index in [0.29, 0.717) is 18.9 Å². The average Bonchev–Trinajstić information content (AvgIpc) is 2.98. The van der Waals surface area contributed by atoms with E-state index >= 15 is 0 Å². The van der Waals surface area contributed by atoms with Crippen LogP contribution in [-0.2, 0) is 6.42 Å². The summed E-state index contributed by atoms with van der Waals surface area (Å²) in [7, 11) is 1.62. The van der Waals surface area contributed by atoms with Crippen LogP contribution in [0.4, 0.5) is 5.69 Å². The van der Waals surface area contributed by atoms with Gasteiger partial charge in [0.05, 0.1) is 7.11 Å². The molecule has 0 aliphatic heterocycles. The maximum atomic E-state index is 5.90. The van der Waals surface area contributed by atoms with E-state index < -0.39 is 0 Å². The number of ether oxygens (including phenoxy) is 1. The van der Waals surface area contributed by atoms with Crippen molar-refractivity contribution in [2.75, 3.05) is 19.0 Å². The molecule has 126 valence electrons. The fraction of sp³-hybridized carbons (Fsp3) is 0.188. The van der Waals surface area contributed by atoms with Crippen LogP contribution in [0.25, 0.3) is 5.65 Å². The molecular formula is C16H19IN6O. The van der Waals surface area contributed by atoms with Gasteiger partial charge in [-0.1, -0.05) is 12.1 Å². The zero-order valence-electron chi connectivity index (χ0n) is 13.2. The number of methoxy groups -OCH3 is 1. The Morgan fingerprint density at radius 2 is 2.12 bits per heavy atom. The number of hydrogen-bond acceptors (Lipinski definition) is 4. The lowest BCUT2D eigenvalue weighted by atomic mass is 10.3. The summed E-state index contributed by atoms with van der Waals surface area (Å²) in [5.74, 6) is 1.98. The lowest BCUT2D eigenvalue weighted by molar-refractivity contribution is 0.415. The summed E-state index contributed by atoms with van der Waals surface area (Å²) in [6.45, 7) is 0.526. The Morgan fingerprint density at radius 3 is 2.96 bits per heavy atom. The number of guanidine groups is 1. The summed E-state index contributed by atoms with van der Waals surface area (Å²) in [5, 5.41) is 11.3. The number of aromatic nitrogens is 3. The Hall–Kier alpha value is -2.36. The molecule has 8 heteroatoms. The van der Waals surface area contributed by atoms with Crippen LogP contribution in [0, 0.1) is 0 Å². The number of nitrogens with zero attached hydrogens (tertiary/aromatic N) is 4. The zero-order valence-corrected chi connectivity index (χ0v) is 15.5. The number of fused-ring (bicyclic) bond motifs is 1. The molecule has 2 aromatic heterocycles. The molecule has 0 radical (unpaired) electrons. The quantitative estimate of drug-likeness (QED) is 0.363. The standard InChI is InChI=1S/C16H18N6O.HI/c1-23-13-6-4-5-12(11-13)19-16(17)18-9-8-15-21-20-14-7-2-3-10-22(14)15;/h2-7,10-11H,8-9H2,1H3,(H3,17,18,19);1H. The van der Waals surface area contributed by atoms with E-state index in [-0.39, 0.29) is 24.0 Å². The highest BCUT2D eigenvalue weighted by atomic mass is 127. The second kappa shape index (κ2) is 8.48. The molecule has 24 heavy (non-hydrogen) atoms. The molecule has 0 saturated heterocycles. The molecule has 0 unspecified atom stereocenters. The first kappa shape index (κ1) is 18.0. The molecule has 0 fully saturated rings. The SMILES string of the molecule is COc1cccc(NC(N)=NCCc2nnc3ccccn23)c1.I. The Kier molecular flexibility index (Phi) is 6.36. The first-order valence-electron chi connectivity index (χ1n) is 7.26. The van der Waals surface area contributed by atoms with Crippen molar-refractivity contribution in [1.29, 1.82) is 0 Å². The van der Waals surface area contributed by atoms with Crippen molar-refractivity contribution in [1.82, 2.24) is 14.6 Å². The monoisotopic (exact) mass is 438 g/mol. The Balaban J connectivity index is 0.00000208. The van der Waals surface area contributed by atoms with Crippen LogP contribution in [0.2, 0.25) is 0 Å². The van der Waals surface area contributed by atoms with E-state index in [0.717, 1.165) is 22.9 Å². The van der Waals surface area contributed by atoms with Gasteiger partial charge in [0.2, 0.25) is 0 Å². The predicted molar refractivity (Wildman–Crippen MR) is 105 cm³/mol. The first-order valence-corrected chi connectivity index (χ1v) is 7.26. The van der Waals surface area contributed by atoms with Gasteiger partial charge in [0.15, 0.2) is 11.6 Å². The molecule has 0 amide bonds. The van der Waals surface area contributed by atoms with Gasteiger partial charge in [-0.25, -0.2) is 0 Å². The molecule has 7 nitrogen and oxygen atoms in total. The Bertz CT molecular complexity index is 832. The van der Waals surface area contributed by atoms with Crippen molar-refractivity contribution < 1.29 is 4.74 Å². The summed E-state index contributed by atoms with van der Waals surface area (Å²) in [6, 6.07) is 13.3. The van der Waals surface area contributed by atoms with Crippen molar-refractivity contribution in [3.63, 3.8) is 0 Å². The number of nitrogens with two attached hydrogens (primary N) is 1. The number of benzene rings is 1. The molecule has 0 saturated carbocycles. The van der Waals surface area contributed by atoms with Gasteiger partial charge < -0.3 is 15.8 Å². The Labute approximate surface area is 157 Å². The second-order valence-corrected chi connectivity index (χ2v) is 4.92. The van der Waals surface area contributed by atoms with Gasteiger partial charge in [0.25, 0.3) is 0 Å². The highest BCUT2D eigenvalue weighted by molar-refractivity contribution is 14.0. The third-order valence-corrected chi connectivity index (χ3v) is 3.34. The molecule has 3 aromatic rings. The average molecular weight is 438 g/mol. The number of halogens is 1. The van der Waals surface area contributed by atoms with Crippen molar-refractivity contribution in [2.24, 2.45) is 10.7 Å². The van der Waals surface area contributed by atoms with E-state index in [9.17, 15) is 0 Å². The molecule has 0 bridgehead atoms. The van der Waals surface area contributed by atoms with Crippen LogP contribution < -0.4 is 15.8 Å². The molecule has 0 atom stereocenters. The number of aliphatic imine (C=N–C) groups is 1. The highest BCUT2D eigenvalue weighted by Gasteiger charge is 2.03. The minimum absolute atomic E-state index is 0. The topological polar surface area (TPSA) is 89.8 Å². The van der Waals surface area contributed by atoms with Crippen LogP contribution in [-0.4, -0.2) is 34.2 Å². The third-order valence-electron chi connectivity index (χ3n) is 3.34. The normalized spacial score (nSPS) is 11.1. The summed E-state index contributed by atoms with van der Waals surface area (Å²) < 4.78 is 7.11. The van der Waals surface area contributed by atoms with E-state index in [2.05, 4.69) is 20.5 Å². The maximum absolute atomic E-state index is 5.90. The van der Waals surface area contributed by atoms with Crippen molar-refractivity contribution in [3.05, 3.63) is 54.5 Å². The number of hydrogen-bond donors (Lipinski definition) is 2. The fourth-order valence-corrected chi connectivity index (χ4v) is 2.23. The van der Waals surface area contributed by atoms with Gasteiger partial charge in [-0.3, -0.25) is 9.39 Å². The summed E-state index contributed by atoms with van der Waals surface area (Å²) in [4.78, 5) is 4.32. The van der Waals surface area contributed by atoms with Crippen LogP contribution >= 0.6 is 24.0 Å². The zero-order chi connectivity index (χ0) is 16.1. The smallest absolute Gasteiger partial charge is 0.193 e. The molecule has 2 heterocycles. The summed E-state index contributed by atoms with van der Waals surface area (Å²) >= 11 is 0. The largest absolute Gasteiger partial charge is 0.497 e. The van der Waals surface area contributed by atoms with Crippen molar-refractivity contribution in [2.45, 2.75) is 6.42 Å². The molecule has 1 aromatic carbocycles. The minimum atomic E-state index is 0. The molecule has 0 spiro atoms. The van der Waals surface area contributed by atoms with Crippen molar-refractivity contribution in [3.8, 4) is 5.75 Å². The molecule has 3 rings (SSSR count).